The number of hydrogen-bond donors (Lipinski definition) is 3. The minimum absolute atomic E-state index is 0.369. The Morgan fingerprint density at radius 2 is 2.26 bits per heavy atom. The SMILES string of the molecule is O=C(O)c1[nH]c2cccc3c2c1C[C@H]1NCCC[C@H]31. The Bertz CT molecular complexity index is 674. The molecule has 1 aromatic carbocycles. The first kappa shape index (κ1) is 11.1. The molecule has 2 aliphatic rings. The predicted octanol–water partition coefficient (Wildman–Crippen LogP) is 2.26. The molecule has 2 aromatic rings. The number of carboxylic acids is 1. The van der Waals surface area contributed by atoms with Crippen molar-refractivity contribution in [2.45, 2.75) is 31.2 Å². The van der Waals surface area contributed by atoms with Gasteiger partial charge in [-0.15, -0.1) is 0 Å². The second kappa shape index (κ2) is 3.84. The first-order chi connectivity index (χ1) is 9.25. The summed E-state index contributed by atoms with van der Waals surface area (Å²) in [6, 6.07) is 6.56. The highest BCUT2D eigenvalue weighted by Gasteiger charge is 2.35. The van der Waals surface area contributed by atoms with Gasteiger partial charge in [-0.1, -0.05) is 12.1 Å². The Hall–Kier alpha value is -1.81. The molecule has 4 rings (SSSR count). The third-order valence-electron chi connectivity index (χ3n) is 4.58. The highest BCUT2D eigenvalue weighted by molar-refractivity contribution is 5.99. The van der Waals surface area contributed by atoms with Crippen LogP contribution in [0.15, 0.2) is 18.2 Å². The molecule has 3 N–H and O–H groups in total. The molecule has 19 heavy (non-hydrogen) atoms. The molecule has 4 heteroatoms. The van der Waals surface area contributed by atoms with Crippen LogP contribution in [0.3, 0.4) is 0 Å². The first-order valence-corrected chi connectivity index (χ1v) is 6.86. The standard InChI is InChI=1S/C15H16N2O2/c18-15(19)14-10-7-12-8(4-2-6-16-12)9-3-1-5-11(17-14)13(9)10/h1,3,5,8,12,16-17H,2,4,6-7H2,(H,18,19)/t8-,12-/m1/s1. The van der Waals surface area contributed by atoms with Crippen molar-refractivity contribution in [3.05, 3.63) is 35.0 Å². The molecule has 1 aromatic heterocycles. The van der Waals surface area contributed by atoms with E-state index >= 15 is 0 Å². The van der Waals surface area contributed by atoms with E-state index in [-0.39, 0.29) is 0 Å². The summed E-state index contributed by atoms with van der Waals surface area (Å²) in [6.07, 6.45) is 3.22. The van der Waals surface area contributed by atoms with E-state index in [2.05, 4.69) is 16.4 Å². The van der Waals surface area contributed by atoms with E-state index in [1.807, 2.05) is 12.1 Å². The van der Waals surface area contributed by atoms with E-state index in [1.165, 1.54) is 18.4 Å². The number of nitrogens with one attached hydrogen (secondary N) is 2. The molecule has 0 spiro atoms. The largest absolute Gasteiger partial charge is 0.477 e. The molecule has 1 aliphatic heterocycles. The van der Waals surface area contributed by atoms with Crippen molar-refractivity contribution in [1.29, 1.82) is 0 Å². The molecule has 1 saturated heterocycles. The average Bonchev–Trinajstić information content (AvgIpc) is 2.80. The van der Waals surface area contributed by atoms with Gasteiger partial charge in [-0.2, -0.15) is 0 Å². The van der Waals surface area contributed by atoms with E-state index in [0.717, 1.165) is 29.4 Å². The lowest BCUT2D eigenvalue weighted by Crippen LogP contribution is -2.43. The summed E-state index contributed by atoms with van der Waals surface area (Å²) < 4.78 is 0. The van der Waals surface area contributed by atoms with Crippen molar-refractivity contribution in [2.24, 2.45) is 0 Å². The number of carboxylic acid groups (broad SMARTS) is 1. The number of H-pyrrole nitrogens is 1. The highest BCUT2D eigenvalue weighted by Crippen LogP contribution is 2.41. The fourth-order valence-corrected chi connectivity index (χ4v) is 3.80. The van der Waals surface area contributed by atoms with Crippen LogP contribution in [0.25, 0.3) is 10.9 Å². The van der Waals surface area contributed by atoms with E-state index in [0.29, 0.717) is 17.7 Å². The lowest BCUT2D eigenvalue weighted by molar-refractivity contribution is 0.0690. The van der Waals surface area contributed by atoms with Gasteiger partial charge in [0.15, 0.2) is 0 Å². The molecular weight excluding hydrogens is 240 g/mol. The first-order valence-electron chi connectivity index (χ1n) is 6.86. The summed E-state index contributed by atoms with van der Waals surface area (Å²) in [5.74, 6) is -0.325. The van der Waals surface area contributed by atoms with Crippen LogP contribution in [0.4, 0.5) is 0 Å². The van der Waals surface area contributed by atoms with Crippen molar-refractivity contribution < 1.29 is 9.90 Å². The molecule has 2 atom stereocenters. The van der Waals surface area contributed by atoms with Gasteiger partial charge < -0.3 is 15.4 Å². The van der Waals surface area contributed by atoms with Crippen molar-refractivity contribution in [1.82, 2.24) is 10.3 Å². The van der Waals surface area contributed by atoms with Crippen LogP contribution in [-0.2, 0) is 6.42 Å². The lowest BCUT2D eigenvalue weighted by atomic mass is 9.75. The van der Waals surface area contributed by atoms with Crippen LogP contribution >= 0.6 is 0 Å². The Labute approximate surface area is 110 Å². The van der Waals surface area contributed by atoms with E-state index in [9.17, 15) is 9.90 Å². The molecule has 1 fully saturated rings. The maximum atomic E-state index is 11.4. The number of fused-ring (bicyclic) bond motifs is 2. The maximum absolute atomic E-state index is 11.4. The van der Waals surface area contributed by atoms with Crippen LogP contribution in [0.5, 0.6) is 0 Å². The zero-order valence-corrected chi connectivity index (χ0v) is 10.6. The molecule has 0 bridgehead atoms. The number of benzene rings is 1. The van der Waals surface area contributed by atoms with Crippen molar-refractivity contribution in [3.8, 4) is 0 Å². The summed E-state index contributed by atoms with van der Waals surface area (Å²) in [5.41, 5.74) is 3.63. The normalized spacial score (nSPS) is 25.3. The van der Waals surface area contributed by atoms with Crippen molar-refractivity contribution >= 4 is 16.9 Å². The van der Waals surface area contributed by atoms with Gasteiger partial charge in [0.2, 0.25) is 0 Å². The smallest absolute Gasteiger partial charge is 0.352 e. The molecule has 4 nitrogen and oxygen atoms in total. The number of hydrogen-bond acceptors (Lipinski definition) is 2. The van der Waals surface area contributed by atoms with Gasteiger partial charge >= 0.3 is 5.97 Å². The molecule has 0 saturated carbocycles. The fraction of sp³-hybridized carbons (Fsp3) is 0.400. The van der Waals surface area contributed by atoms with Gasteiger partial charge in [0.25, 0.3) is 0 Å². The Morgan fingerprint density at radius 3 is 3.11 bits per heavy atom. The maximum Gasteiger partial charge on any atom is 0.352 e. The van der Waals surface area contributed by atoms with Crippen LogP contribution in [0.2, 0.25) is 0 Å². The van der Waals surface area contributed by atoms with E-state index in [4.69, 9.17) is 0 Å². The zero-order valence-electron chi connectivity index (χ0n) is 10.6. The number of rotatable bonds is 1. The number of aromatic carboxylic acids is 1. The minimum Gasteiger partial charge on any atom is -0.477 e. The monoisotopic (exact) mass is 256 g/mol. The molecule has 1 aliphatic carbocycles. The second-order valence-corrected chi connectivity index (χ2v) is 5.57. The second-order valence-electron chi connectivity index (χ2n) is 5.57. The zero-order chi connectivity index (χ0) is 13.0. The average molecular weight is 256 g/mol. The number of carbonyl (C=O) groups is 1. The van der Waals surface area contributed by atoms with Gasteiger partial charge in [0.1, 0.15) is 5.69 Å². The number of aromatic amines is 1. The van der Waals surface area contributed by atoms with Crippen molar-refractivity contribution in [2.75, 3.05) is 6.54 Å². The topological polar surface area (TPSA) is 65.1 Å². The Kier molecular flexibility index (Phi) is 2.23. The Morgan fingerprint density at radius 1 is 1.37 bits per heavy atom. The lowest BCUT2D eigenvalue weighted by Gasteiger charge is -2.36. The summed E-state index contributed by atoms with van der Waals surface area (Å²) in [6.45, 7) is 1.04. The van der Waals surface area contributed by atoms with Gasteiger partial charge in [-0.3, -0.25) is 0 Å². The van der Waals surface area contributed by atoms with Gasteiger partial charge in [0, 0.05) is 22.9 Å². The summed E-state index contributed by atoms with van der Waals surface area (Å²) >= 11 is 0. The van der Waals surface area contributed by atoms with Crippen LogP contribution in [-0.4, -0.2) is 28.6 Å². The van der Waals surface area contributed by atoms with E-state index < -0.39 is 5.97 Å². The van der Waals surface area contributed by atoms with Gasteiger partial charge in [0.05, 0.1) is 0 Å². The number of piperidine rings is 1. The third kappa shape index (κ3) is 1.46. The third-order valence-corrected chi connectivity index (χ3v) is 4.58. The fourth-order valence-electron chi connectivity index (χ4n) is 3.80. The minimum atomic E-state index is -0.855. The summed E-state index contributed by atoms with van der Waals surface area (Å²) in [5, 5.41) is 14.1. The Balaban J connectivity index is 2.00. The van der Waals surface area contributed by atoms with Crippen LogP contribution in [0.1, 0.15) is 40.4 Å². The van der Waals surface area contributed by atoms with Gasteiger partial charge in [-0.25, -0.2) is 4.79 Å². The van der Waals surface area contributed by atoms with Crippen LogP contribution in [0, 0.1) is 0 Å². The molecule has 98 valence electrons. The number of aromatic nitrogens is 1. The summed E-state index contributed by atoms with van der Waals surface area (Å²) in [7, 11) is 0. The summed E-state index contributed by atoms with van der Waals surface area (Å²) in [4.78, 5) is 14.5. The van der Waals surface area contributed by atoms with Gasteiger partial charge in [-0.05, 0) is 43.0 Å². The molecular formula is C15H16N2O2. The quantitative estimate of drug-likeness (QED) is 0.733. The molecule has 0 unspecified atom stereocenters. The highest BCUT2D eigenvalue weighted by atomic mass is 16.4. The van der Waals surface area contributed by atoms with E-state index in [1.54, 1.807) is 0 Å². The van der Waals surface area contributed by atoms with Crippen LogP contribution < -0.4 is 5.32 Å². The molecule has 0 amide bonds. The van der Waals surface area contributed by atoms with Crippen molar-refractivity contribution in [3.63, 3.8) is 0 Å². The predicted molar refractivity (Wildman–Crippen MR) is 72.7 cm³/mol. The molecule has 2 heterocycles. The molecule has 0 radical (unpaired) electrons.